The highest BCUT2D eigenvalue weighted by atomic mass is 32.2. The highest BCUT2D eigenvalue weighted by Gasteiger charge is 2.24. The highest BCUT2D eigenvalue weighted by molar-refractivity contribution is 7.90. The van der Waals surface area contributed by atoms with Crippen molar-refractivity contribution in [3.63, 3.8) is 0 Å². The molecule has 0 bridgehead atoms. The molecule has 0 aliphatic carbocycles. The van der Waals surface area contributed by atoms with Crippen LogP contribution in [0.3, 0.4) is 0 Å². The number of rotatable bonds is 3. The van der Waals surface area contributed by atoms with Gasteiger partial charge in [0.2, 0.25) is 0 Å². The van der Waals surface area contributed by atoms with Gasteiger partial charge in [0.25, 0.3) is 0 Å². The second-order valence-electron chi connectivity index (χ2n) is 6.30. The zero-order valence-electron chi connectivity index (χ0n) is 13.4. The summed E-state index contributed by atoms with van der Waals surface area (Å²) in [6.45, 7) is 4.00. The number of para-hydroxylation sites is 2. The maximum atomic E-state index is 12.6. The van der Waals surface area contributed by atoms with E-state index in [1.54, 1.807) is 6.20 Å². The van der Waals surface area contributed by atoms with Gasteiger partial charge in [0, 0.05) is 29.0 Å². The molecule has 1 aromatic carbocycles. The number of H-pyrrole nitrogens is 1. The molecule has 1 aliphatic heterocycles. The second-order valence-corrected chi connectivity index (χ2v) is 7.67. The van der Waals surface area contributed by atoms with Gasteiger partial charge in [0.05, 0.1) is 16.7 Å². The predicted molar refractivity (Wildman–Crippen MR) is 94.2 cm³/mol. The average Bonchev–Trinajstić information content (AvgIpc) is 2.98. The molecule has 0 radical (unpaired) electrons. The van der Waals surface area contributed by atoms with Crippen LogP contribution in [0.4, 0.5) is 0 Å². The van der Waals surface area contributed by atoms with Crippen molar-refractivity contribution >= 4 is 28.3 Å². The molecule has 5 nitrogen and oxygen atoms in total. The van der Waals surface area contributed by atoms with Crippen LogP contribution in [0, 0.1) is 0 Å². The van der Waals surface area contributed by atoms with Crippen LogP contribution >= 0.6 is 0 Å². The first kappa shape index (κ1) is 15.2. The highest BCUT2D eigenvalue weighted by Crippen LogP contribution is 2.31. The molecule has 0 amide bonds. The Hall–Kier alpha value is -2.31. The molecule has 0 fully saturated rings. The van der Waals surface area contributed by atoms with E-state index in [1.807, 2.05) is 56.3 Å². The standard InChI is InChI=1S/C18H17N3O2S/c1-18(2)8-7-12-10-19-13(9-16(12)23-18)11-24(22)17-20-14-5-3-4-6-15(14)21-17/h3-10H,11H2,1-2H3,(H,20,21). The van der Waals surface area contributed by atoms with Crippen LogP contribution in [-0.4, -0.2) is 25.1 Å². The minimum Gasteiger partial charge on any atom is -0.609 e. The van der Waals surface area contributed by atoms with Crippen molar-refractivity contribution in [1.82, 2.24) is 15.0 Å². The fourth-order valence-electron chi connectivity index (χ4n) is 2.63. The quantitative estimate of drug-likeness (QED) is 0.742. The minimum atomic E-state index is -1.29. The summed E-state index contributed by atoms with van der Waals surface area (Å²) < 4.78 is 18.5. The van der Waals surface area contributed by atoms with Crippen LogP contribution in [0.1, 0.15) is 25.1 Å². The minimum absolute atomic E-state index is 0.292. The van der Waals surface area contributed by atoms with Gasteiger partial charge in [0.1, 0.15) is 11.4 Å². The first-order valence-electron chi connectivity index (χ1n) is 7.70. The van der Waals surface area contributed by atoms with Gasteiger partial charge in [0.15, 0.2) is 5.75 Å². The van der Waals surface area contributed by atoms with Crippen LogP contribution < -0.4 is 4.74 Å². The van der Waals surface area contributed by atoms with E-state index in [2.05, 4.69) is 15.0 Å². The summed E-state index contributed by atoms with van der Waals surface area (Å²) in [6.07, 6.45) is 5.77. The SMILES string of the molecule is CC1(C)C=Cc2cnc(C[S+]([O-])c3nc4ccccc4[nH]3)cc2O1. The van der Waals surface area contributed by atoms with Gasteiger partial charge in [-0.25, -0.2) is 0 Å². The monoisotopic (exact) mass is 339 g/mol. The molecule has 2 aromatic heterocycles. The number of benzene rings is 1. The van der Waals surface area contributed by atoms with E-state index in [-0.39, 0.29) is 5.60 Å². The molecule has 4 rings (SSSR count). The van der Waals surface area contributed by atoms with Crippen molar-refractivity contribution in [2.24, 2.45) is 0 Å². The van der Waals surface area contributed by atoms with Crippen molar-refractivity contribution in [3.8, 4) is 5.75 Å². The third kappa shape index (κ3) is 2.90. The lowest BCUT2D eigenvalue weighted by molar-refractivity contribution is 0.158. The van der Waals surface area contributed by atoms with Crippen LogP contribution in [0.25, 0.3) is 17.1 Å². The molecule has 1 aliphatic rings. The van der Waals surface area contributed by atoms with E-state index in [0.29, 0.717) is 10.9 Å². The largest absolute Gasteiger partial charge is 0.609 e. The maximum Gasteiger partial charge on any atom is 0.322 e. The Labute approximate surface area is 143 Å². The first-order chi connectivity index (χ1) is 11.5. The molecule has 3 heterocycles. The van der Waals surface area contributed by atoms with Gasteiger partial charge in [-0.05, 0) is 38.1 Å². The van der Waals surface area contributed by atoms with Crippen LogP contribution in [0.2, 0.25) is 0 Å². The summed E-state index contributed by atoms with van der Waals surface area (Å²) in [5.74, 6) is 1.06. The van der Waals surface area contributed by atoms with E-state index in [0.717, 1.165) is 28.0 Å². The Kier molecular flexibility index (Phi) is 3.58. The fourth-order valence-corrected chi connectivity index (χ4v) is 3.62. The Bertz CT molecular complexity index is 900. The molecule has 0 saturated heterocycles. The molecule has 1 unspecified atom stereocenters. The van der Waals surface area contributed by atoms with Crippen molar-refractivity contribution in [1.29, 1.82) is 0 Å². The zero-order chi connectivity index (χ0) is 16.7. The number of aromatic amines is 1. The molecular weight excluding hydrogens is 322 g/mol. The summed E-state index contributed by atoms with van der Waals surface area (Å²) in [5, 5.41) is 0.469. The molecule has 1 atom stereocenters. The van der Waals surface area contributed by atoms with Crippen molar-refractivity contribution in [3.05, 3.63) is 53.9 Å². The smallest absolute Gasteiger partial charge is 0.322 e. The lowest BCUT2D eigenvalue weighted by Crippen LogP contribution is -2.27. The number of fused-ring (bicyclic) bond motifs is 2. The number of hydrogen-bond acceptors (Lipinski definition) is 4. The number of imidazole rings is 1. The van der Waals surface area contributed by atoms with Crippen LogP contribution in [0.15, 0.2) is 47.8 Å². The third-order valence-electron chi connectivity index (χ3n) is 3.85. The van der Waals surface area contributed by atoms with Crippen molar-refractivity contribution in [2.75, 3.05) is 0 Å². The van der Waals surface area contributed by atoms with Gasteiger partial charge >= 0.3 is 5.16 Å². The van der Waals surface area contributed by atoms with Crippen LogP contribution in [0.5, 0.6) is 5.75 Å². The van der Waals surface area contributed by atoms with E-state index in [9.17, 15) is 4.55 Å². The molecule has 1 N–H and O–H groups in total. The van der Waals surface area contributed by atoms with Gasteiger partial charge < -0.3 is 9.29 Å². The van der Waals surface area contributed by atoms with Gasteiger partial charge in [-0.3, -0.25) is 9.97 Å². The number of ether oxygens (including phenoxy) is 1. The fraction of sp³-hybridized carbons (Fsp3) is 0.222. The summed E-state index contributed by atoms with van der Waals surface area (Å²) in [6, 6.07) is 9.51. The number of hydrogen-bond donors (Lipinski definition) is 1. The molecule has 24 heavy (non-hydrogen) atoms. The van der Waals surface area contributed by atoms with Crippen LogP contribution in [-0.2, 0) is 16.9 Å². The first-order valence-corrected chi connectivity index (χ1v) is 9.02. The molecular formula is C18H17N3O2S. The van der Waals surface area contributed by atoms with Crippen molar-refractivity contribution in [2.45, 2.75) is 30.4 Å². The normalized spacial score (nSPS) is 16.6. The number of aromatic nitrogens is 3. The molecule has 122 valence electrons. The predicted octanol–water partition coefficient (Wildman–Crippen LogP) is 3.45. The van der Waals surface area contributed by atoms with Crippen molar-refractivity contribution < 1.29 is 9.29 Å². The Morgan fingerprint density at radius 1 is 1.29 bits per heavy atom. The second kappa shape index (κ2) is 5.65. The van der Waals surface area contributed by atoms with E-state index >= 15 is 0 Å². The van der Waals surface area contributed by atoms with Gasteiger partial charge in [-0.1, -0.05) is 12.1 Å². The third-order valence-corrected chi connectivity index (χ3v) is 5.03. The summed E-state index contributed by atoms with van der Waals surface area (Å²) in [4.78, 5) is 11.9. The van der Waals surface area contributed by atoms with E-state index in [1.165, 1.54) is 0 Å². The Morgan fingerprint density at radius 2 is 2.12 bits per heavy atom. The Balaban J connectivity index is 1.58. The summed E-state index contributed by atoms with van der Waals surface area (Å²) >= 11 is -1.29. The number of nitrogens with zero attached hydrogens (tertiary/aromatic N) is 2. The molecule has 3 aromatic rings. The van der Waals surface area contributed by atoms with E-state index in [4.69, 9.17) is 4.74 Å². The summed E-state index contributed by atoms with van der Waals surface area (Å²) in [5.41, 5.74) is 3.01. The molecule has 0 spiro atoms. The lowest BCUT2D eigenvalue weighted by Gasteiger charge is -2.27. The zero-order valence-corrected chi connectivity index (χ0v) is 14.3. The van der Waals surface area contributed by atoms with Gasteiger partial charge in [-0.2, -0.15) is 4.98 Å². The number of nitrogens with one attached hydrogen (secondary N) is 1. The Morgan fingerprint density at radius 3 is 2.96 bits per heavy atom. The topological polar surface area (TPSA) is 73.9 Å². The molecule has 6 heteroatoms. The summed E-state index contributed by atoms with van der Waals surface area (Å²) in [7, 11) is 0. The number of pyridine rings is 1. The average molecular weight is 339 g/mol. The maximum absolute atomic E-state index is 12.6. The van der Waals surface area contributed by atoms with Gasteiger partial charge in [-0.15, -0.1) is 0 Å². The molecule has 0 saturated carbocycles. The lowest BCUT2D eigenvalue weighted by atomic mass is 10.0. The van der Waals surface area contributed by atoms with E-state index < -0.39 is 11.2 Å².